The average molecular weight is 393 g/mol. The van der Waals surface area contributed by atoms with Gasteiger partial charge in [0.1, 0.15) is 0 Å². The first-order valence-corrected chi connectivity index (χ1v) is 12.3. The van der Waals surface area contributed by atoms with Gasteiger partial charge < -0.3 is 10.6 Å². The van der Waals surface area contributed by atoms with Crippen LogP contribution in [-0.2, 0) is 9.59 Å². The van der Waals surface area contributed by atoms with Gasteiger partial charge in [0, 0.05) is 24.9 Å². The molecule has 0 spiro atoms. The van der Waals surface area contributed by atoms with Gasteiger partial charge in [-0.25, -0.2) is 0 Å². The lowest BCUT2D eigenvalue weighted by atomic mass is 9.95. The van der Waals surface area contributed by atoms with Crippen molar-refractivity contribution in [3.8, 4) is 0 Å². The van der Waals surface area contributed by atoms with E-state index in [1.165, 1.54) is 103 Å². The summed E-state index contributed by atoms with van der Waals surface area (Å²) in [6.45, 7) is 0. The molecule has 2 fully saturated rings. The van der Waals surface area contributed by atoms with Crippen LogP contribution in [0.25, 0.3) is 0 Å². The summed E-state index contributed by atoms with van der Waals surface area (Å²) in [5, 5.41) is 6.41. The summed E-state index contributed by atoms with van der Waals surface area (Å²) in [4.78, 5) is 23.9. The van der Waals surface area contributed by atoms with Crippen molar-refractivity contribution < 1.29 is 9.59 Å². The zero-order valence-electron chi connectivity index (χ0n) is 18.1. The van der Waals surface area contributed by atoms with Crippen LogP contribution in [0.4, 0.5) is 0 Å². The van der Waals surface area contributed by atoms with Gasteiger partial charge in [-0.1, -0.05) is 77.0 Å². The quantitative estimate of drug-likeness (QED) is 0.390. The van der Waals surface area contributed by atoms with E-state index in [4.69, 9.17) is 0 Å². The smallest absolute Gasteiger partial charge is 0.220 e. The Hall–Kier alpha value is -1.06. The van der Waals surface area contributed by atoms with Crippen molar-refractivity contribution in [3.05, 3.63) is 0 Å². The van der Waals surface area contributed by atoms with Crippen molar-refractivity contribution in [2.45, 2.75) is 141 Å². The molecular weight excluding hydrogens is 348 g/mol. The van der Waals surface area contributed by atoms with Crippen LogP contribution in [0.15, 0.2) is 0 Å². The van der Waals surface area contributed by atoms with Crippen molar-refractivity contribution in [1.82, 2.24) is 10.6 Å². The number of rotatable bonds is 13. The van der Waals surface area contributed by atoms with Crippen LogP contribution in [0.2, 0.25) is 0 Å². The van der Waals surface area contributed by atoms with Crippen LogP contribution in [-0.4, -0.2) is 23.9 Å². The lowest BCUT2D eigenvalue weighted by Crippen LogP contribution is -2.35. The van der Waals surface area contributed by atoms with E-state index in [1.807, 2.05) is 0 Å². The van der Waals surface area contributed by atoms with Gasteiger partial charge in [0.25, 0.3) is 0 Å². The highest BCUT2D eigenvalue weighted by Gasteiger charge is 2.16. The molecule has 0 aliphatic heterocycles. The van der Waals surface area contributed by atoms with Crippen LogP contribution in [0.3, 0.4) is 0 Å². The number of carbonyl (C=O) groups is 2. The number of hydrogen-bond acceptors (Lipinski definition) is 2. The highest BCUT2D eigenvalue weighted by molar-refractivity contribution is 5.76. The minimum atomic E-state index is 0.262. The molecule has 2 amide bonds. The van der Waals surface area contributed by atoms with E-state index >= 15 is 0 Å². The van der Waals surface area contributed by atoms with Crippen LogP contribution in [0.1, 0.15) is 128 Å². The van der Waals surface area contributed by atoms with Gasteiger partial charge >= 0.3 is 0 Å². The minimum Gasteiger partial charge on any atom is -0.353 e. The molecule has 28 heavy (non-hydrogen) atoms. The summed E-state index contributed by atoms with van der Waals surface area (Å²) < 4.78 is 0. The molecule has 0 heterocycles. The van der Waals surface area contributed by atoms with Gasteiger partial charge in [-0.05, 0) is 38.5 Å². The zero-order chi connectivity index (χ0) is 19.9. The molecule has 2 aliphatic rings. The van der Waals surface area contributed by atoms with E-state index in [9.17, 15) is 9.59 Å². The summed E-state index contributed by atoms with van der Waals surface area (Å²) in [6, 6.07) is 0.900. The summed E-state index contributed by atoms with van der Waals surface area (Å²) >= 11 is 0. The molecule has 2 N–H and O–H groups in total. The van der Waals surface area contributed by atoms with E-state index in [1.54, 1.807) is 0 Å². The van der Waals surface area contributed by atoms with E-state index in [2.05, 4.69) is 10.6 Å². The Labute approximate surface area is 173 Å². The molecule has 0 bridgehead atoms. The monoisotopic (exact) mass is 392 g/mol. The number of hydrogen-bond donors (Lipinski definition) is 2. The lowest BCUT2D eigenvalue weighted by molar-refractivity contribution is -0.123. The molecule has 4 nitrogen and oxygen atoms in total. The third-order valence-electron chi connectivity index (χ3n) is 6.50. The van der Waals surface area contributed by atoms with Crippen LogP contribution >= 0.6 is 0 Å². The highest BCUT2D eigenvalue weighted by atomic mass is 16.2. The molecule has 0 saturated heterocycles. The topological polar surface area (TPSA) is 58.2 Å². The fourth-order valence-electron chi connectivity index (χ4n) is 4.73. The Balaban J connectivity index is 1.32. The Morgan fingerprint density at radius 3 is 1.18 bits per heavy atom. The summed E-state index contributed by atoms with van der Waals surface area (Å²) in [5.74, 6) is 0.525. The van der Waals surface area contributed by atoms with Crippen LogP contribution in [0, 0.1) is 0 Å². The molecule has 0 atom stereocenters. The molecule has 162 valence electrons. The van der Waals surface area contributed by atoms with Gasteiger partial charge in [0.05, 0.1) is 0 Å². The predicted octanol–water partition coefficient (Wildman–Crippen LogP) is 5.79. The maximum Gasteiger partial charge on any atom is 0.220 e. The standard InChI is InChI=1S/C24H44N2O2/c27-23(25-21-15-9-7-10-16-21)19-13-5-3-1-2-4-6-14-20-24(28)26-22-17-11-8-12-18-22/h21-22H,1-20H2,(H,25,27)(H,26,28). The molecular formula is C24H44N2O2. The summed E-state index contributed by atoms with van der Waals surface area (Å²) in [7, 11) is 0. The van der Waals surface area contributed by atoms with E-state index in [0.717, 1.165) is 12.8 Å². The first-order chi connectivity index (χ1) is 13.7. The Morgan fingerprint density at radius 1 is 0.500 bits per heavy atom. The Bertz CT molecular complexity index is 386. The Morgan fingerprint density at radius 2 is 0.821 bits per heavy atom. The SMILES string of the molecule is O=C(CCCCCCCCCCC(=O)NC1CCCCC1)NC1CCCCC1. The lowest BCUT2D eigenvalue weighted by Gasteiger charge is -2.22. The first-order valence-electron chi connectivity index (χ1n) is 12.3. The molecule has 2 rings (SSSR count). The number of carbonyl (C=O) groups excluding carboxylic acids is 2. The van der Waals surface area contributed by atoms with Crippen LogP contribution in [0.5, 0.6) is 0 Å². The second kappa shape index (κ2) is 14.9. The summed E-state index contributed by atoms with van der Waals surface area (Å²) in [6.07, 6.45) is 23.3. The molecule has 0 unspecified atom stereocenters. The van der Waals surface area contributed by atoms with Gasteiger partial charge in [0.15, 0.2) is 0 Å². The van der Waals surface area contributed by atoms with Gasteiger partial charge in [-0.3, -0.25) is 9.59 Å². The van der Waals surface area contributed by atoms with Gasteiger partial charge in [-0.15, -0.1) is 0 Å². The van der Waals surface area contributed by atoms with E-state index in [0.29, 0.717) is 24.9 Å². The third-order valence-corrected chi connectivity index (χ3v) is 6.50. The van der Waals surface area contributed by atoms with E-state index in [-0.39, 0.29) is 11.8 Å². The second-order valence-corrected chi connectivity index (χ2v) is 9.13. The van der Waals surface area contributed by atoms with Crippen LogP contribution < -0.4 is 10.6 Å². The highest BCUT2D eigenvalue weighted by Crippen LogP contribution is 2.19. The maximum absolute atomic E-state index is 12.0. The molecule has 2 aliphatic carbocycles. The van der Waals surface area contributed by atoms with E-state index < -0.39 is 0 Å². The Kier molecular flexibility index (Phi) is 12.3. The molecule has 4 heteroatoms. The number of nitrogens with one attached hydrogen (secondary N) is 2. The third kappa shape index (κ3) is 11.1. The van der Waals surface area contributed by atoms with Gasteiger partial charge in [0.2, 0.25) is 11.8 Å². The largest absolute Gasteiger partial charge is 0.353 e. The number of amides is 2. The fourth-order valence-corrected chi connectivity index (χ4v) is 4.73. The van der Waals surface area contributed by atoms with Crippen molar-refractivity contribution in [2.75, 3.05) is 0 Å². The van der Waals surface area contributed by atoms with Crippen molar-refractivity contribution in [1.29, 1.82) is 0 Å². The zero-order valence-corrected chi connectivity index (χ0v) is 18.1. The number of unbranched alkanes of at least 4 members (excludes halogenated alkanes) is 7. The first kappa shape index (κ1) is 23.2. The molecule has 0 aromatic heterocycles. The minimum absolute atomic E-state index is 0.262. The maximum atomic E-state index is 12.0. The molecule has 0 radical (unpaired) electrons. The normalized spacial score (nSPS) is 18.7. The fraction of sp³-hybridized carbons (Fsp3) is 0.917. The molecule has 0 aromatic rings. The van der Waals surface area contributed by atoms with Gasteiger partial charge in [-0.2, -0.15) is 0 Å². The average Bonchev–Trinajstić information content (AvgIpc) is 2.71. The van der Waals surface area contributed by atoms with Crippen molar-refractivity contribution in [2.24, 2.45) is 0 Å². The second-order valence-electron chi connectivity index (χ2n) is 9.13. The molecule has 2 saturated carbocycles. The van der Waals surface area contributed by atoms with Crippen molar-refractivity contribution >= 4 is 11.8 Å². The predicted molar refractivity (Wildman–Crippen MR) is 116 cm³/mol. The molecule has 0 aromatic carbocycles. The van der Waals surface area contributed by atoms with Crippen molar-refractivity contribution in [3.63, 3.8) is 0 Å². The summed E-state index contributed by atoms with van der Waals surface area (Å²) in [5.41, 5.74) is 0.